The third kappa shape index (κ3) is 236. The second-order valence-electron chi connectivity index (χ2n) is 1.33. The number of hydrogen-bond donors (Lipinski definition) is 0. The van der Waals surface area contributed by atoms with E-state index in [1.165, 1.54) is 0 Å². The zero-order chi connectivity index (χ0) is 9.91. The van der Waals surface area contributed by atoms with Gasteiger partial charge in [0.15, 0.2) is 0 Å². The van der Waals surface area contributed by atoms with Gasteiger partial charge >= 0.3 is 0 Å². The summed E-state index contributed by atoms with van der Waals surface area (Å²) in [7, 11) is -2.67. The first-order valence-corrected chi connectivity index (χ1v) is 4.30. The number of sulfone groups is 1. The molecule has 0 aromatic carbocycles. The molecule has 6 nitrogen and oxygen atoms in total. The summed E-state index contributed by atoms with van der Waals surface area (Å²) in [5, 5.41) is 13.5. The first-order valence-electron chi connectivity index (χ1n) is 2.01. The Morgan fingerprint density at radius 3 is 1.00 bits per heavy atom. The summed E-state index contributed by atoms with van der Waals surface area (Å²) < 4.78 is 19.3. The van der Waals surface area contributed by atoms with Gasteiger partial charge in [-0.15, -0.1) is 0 Å². The van der Waals surface area contributed by atoms with Crippen molar-refractivity contribution in [1.82, 2.24) is 0 Å². The van der Waals surface area contributed by atoms with Crippen LogP contribution in [0.25, 0.3) is 10.8 Å². The van der Waals surface area contributed by atoms with Gasteiger partial charge in [0.1, 0.15) is 9.84 Å². The lowest BCUT2D eigenvalue weighted by molar-refractivity contribution is 0.568. The molecule has 0 aliphatic heterocycles. The molecule has 0 rings (SSSR count). The summed E-state index contributed by atoms with van der Waals surface area (Å²) in [5.74, 6) is 0. The van der Waals surface area contributed by atoms with E-state index in [9.17, 15) is 8.42 Å². The molecule has 0 fully saturated rings. The Hall–Kier alpha value is -1.29. The van der Waals surface area contributed by atoms with Crippen LogP contribution in [-0.4, -0.2) is 33.1 Å². The predicted molar refractivity (Wildman–Crippen MR) is 38.9 cm³/mol. The smallest absolute Gasteiger partial charge is 0.144 e. The van der Waals surface area contributed by atoms with E-state index in [1.807, 2.05) is 0 Å². The van der Waals surface area contributed by atoms with Crippen LogP contribution >= 0.6 is 0 Å². The molecule has 0 saturated carbocycles. The van der Waals surface area contributed by atoms with Gasteiger partial charge in [-0.25, -0.2) is 8.42 Å². The molecular weight excluding hydrogens is 172 g/mol. The number of rotatable bonds is 0. The van der Waals surface area contributed by atoms with Gasteiger partial charge in [0.2, 0.25) is 0 Å². The van der Waals surface area contributed by atoms with E-state index < -0.39 is 9.84 Å². The Kier molecular flexibility index (Phi) is 17.1. The van der Waals surface area contributed by atoms with Crippen LogP contribution in [0, 0.1) is 0 Å². The van der Waals surface area contributed by atoms with Crippen LogP contribution in [0.3, 0.4) is 0 Å². The van der Waals surface area contributed by atoms with Gasteiger partial charge in [-0.3, -0.25) is 9.59 Å². The van der Waals surface area contributed by atoms with E-state index >= 15 is 0 Å². The van der Waals surface area contributed by atoms with Crippen LogP contribution in [-0.2, 0) is 19.4 Å². The fourth-order valence-corrected chi connectivity index (χ4v) is 0. The van der Waals surface area contributed by atoms with Crippen LogP contribution in [0.4, 0.5) is 0 Å². The molecule has 0 aromatic rings. The fourth-order valence-electron chi connectivity index (χ4n) is 0. The van der Waals surface area contributed by atoms with Crippen molar-refractivity contribution in [1.29, 1.82) is 0 Å². The first kappa shape index (κ1) is 16.4. The SMILES string of the molecule is CS(C)(=O)=O.[N-]=C=O.[N-]=C=O. The van der Waals surface area contributed by atoms with Gasteiger partial charge in [-0.1, -0.05) is 0 Å². The van der Waals surface area contributed by atoms with Crippen molar-refractivity contribution in [3.8, 4) is 0 Å². The quantitative estimate of drug-likeness (QED) is 0.365. The number of isocyanates is 2. The van der Waals surface area contributed by atoms with E-state index in [4.69, 9.17) is 20.4 Å². The van der Waals surface area contributed by atoms with Crippen molar-refractivity contribution in [2.45, 2.75) is 0 Å². The maximum atomic E-state index is 9.63. The molecule has 0 atom stereocenters. The highest BCUT2D eigenvalue weighted by atomic mass is 32.2. The van der Waals surface area contributed by atoms with Crippen molar-refractivity contribution >= 4 is 22.0 Å². The Bertz CT molecular complexity index is 211. The summed E-state index contributed by atoms with van der Waals surface area (Å²) in [4.78, 5) is 16.5. The Morgan fingerprint density at radius 1 is 1.00 bits per heavy atom. The van der Waals surface area contributed by atoms with Crippen LogP contribution in [0.15, 0.2) is 0 Å². The number of carbonyl (C=O) groups excluding carboxylic acids is 2. The molecular formula is C4H6N2O4S-2. The minimum atomic E-state index is -2.67. The maximum absolute atomic E-state index is 9.63. The van der Waals surface area contributed by atoms with Crippen molar-refractivity contribution in [3.63, 3.8) is 0 Å². The summed E-state index contributed by atoms with van der Waals surface area (Å²) in [6, 6.07) is 0. The molecule has 7 heteroatoms. The highest BCUT2D eigenvalue weighted by Gasteiger charge is 1.79. The van der Waals surface area contributed by atoms with Crippen LogP contribution in [0.1, 0.15) is 0 Å². The molecule has 0 unspecified atom stereocenters. The van der Waals surface area contributed by atoms with Gasteiger partial charge in [-0.05, 0) is 12.2 Å². The lowest BCUT2D eigenvalue weighted by Gasteiger charge is -1.69. The van der Waals surface area contributed by atoms with E-state index in [1.54, 1.807) is 0 Å². The van der Waals surface area contributed by atoms with E-state index in [0.29, 0.717) is 12.2 Å². The Labute approximate surface area is 64.2 Å². The van der Waals surface area contributed by atoms with Crippen molar-refractivity contribution in [2.75, 3.05) is 12.5 Å². The van der Waals surface area contributed by atoms with E-state index in [-0.39, 0.29) is 0 Å². The lowest BCUT2D eigenvalue weighted by atomic mass is 11.7. The van der Waals surface area contributed by atoms with Crippen LogP contribution in [0.2, 0.25) is 0 Å². The highest BCUT2D eigenvalue weighted by Crippen LogP contribution is 1.61. The largest absolute Gasteiger partial charge is 0.724 e. The molecule has 0 aliphatic rings. The molecule has 0 saturated heterocycles. The molecule has 0 spiro atoms. The normalized spacial score (nSPS) is 6.73. The third-order valence-corrected chi connectivity index (χ3v) is 0. The van der Waals surface area contributed by atoms with Gasteiger partial charge in [0.25, 0.3) is 0 Å². The van der Waals surface area contributed by atoms with E-state index in [0.717, 1.165) is 12.5 Å². The minimum absolute atomic E-state index is 0.500. The number of nitrogens with zero attached hydrogens (tertiary/aromatic N) is 2. The average Bonchev–Trinajstić information content (AvgIpc) is 1.62. The molecule has 0 amide bonds. The predicted octanol–water partition coefficient (Wildman–Crippen LogP) is -0.556. The molecule has 0 heterocycles. The van der Waals surface area contributed by atoms with Crippen LogP contribution in [0.5, 0.6) is 0 Å². The van der Waals surface area contributed by atoms with E-state index in [2.05, 4.69) is 0 Å². The fraction of sp³-hybridized carbons (Fsp3) is 0.500. The summed E-state index contributed by atoms with van der Waals surface area (Å²) in [5.41, 5.74) is 0. The van der Waals surface area contributed by atoms with Gasteiger partial charge in [0.05, 0.1) is 0 Å². The topological polar surface area (TPSA) is 113 Å². The highest BCUT2D eigenvalue weighted by molar-refractivity contribution is 7.89. The standard InChI is InChI=1S/C2H6O2S.2CNO/c1-5(2,3)4;2*2-1-3/h1-2H3;;/q;2*-1. The molecule has 11 heavy (non-hydrogen) atoms. The van der Waals surface area contributed by atoms with Crippen molar-refractivity contribution < 1.29 is 18.0 Å². The van der Waals surface area contributed by atoms with Crippen LogP contribution < -0.4 is 0 Å². The molecule has 64 valence electrons. The molecule has 0 bridgehead atoms. The summed E-state index contributed by atoms with van der Waals surface area (Å²) in [6.45, 7) is 0. The lowest BCUT2D eigenvalue weighted by Crippen LogP contribution is -1.86. The average molecular weight is 178 g/mol. The summed E-state index contributed by atoms with van der Waals surface area (Å²) >= 11 is 0. The van der Waals surface area contributed by atoms with Crippen molar-refractivity contribution in [3.05, 3.63) is 10.8 Å². The zero-order valence-electron chi connectivity index (χ0n) is 5.94. The molecule has 0 aliphatic carbocycles. The van der Waals surface area contributed by atoms with Gasteiger partial charge in [-0.2, -0.15) is 0 Å². The molecule has 0 aromatic heterocycles. The number of hydrogen-bond acceptors (Lipinski definition) is 4. The third-order valence-electron chi connectivity index (χ3n) is 0. The second-order valence-corrected chi connectivity index (χ2v) is 3.61. The van der Waals surface area contributed by atoms with Crippen molar-refractivity contribution in [2.24, 2.45) is 0 Å². The summed E-state index contributed by atoms with van der Waals surface area (Å²) in [6.07, 6.45) is 3.32. The Morgan fingerprint density at radius 2 is 1.00 bits per heavy atom. The zero-order valence-corrected chi connectivity index (χ0v) is 6.75. The van der Waals surface area contributed by atoms with Gasteiger partial charge < -0.3 is 10.8 Å². The molecule has 0 N–H and O–H groups in total. The second kappa shape index (κ2) is 11.5. The first-order chi connectivity index (χ1) is 4.83. The maximum Gasteiger partial charge on any atom is 0.144 e. The minimum Gasteiger partial charge on any atom is -0.724 e. The monoisotopic (exact) mass is 178 g/mol. The van der Waals surface area contributed by atoms with Gasteiger partial charge in [0, 0.05) is 12.5 Å². The Balaban J connectivity index is -0.0000000933. The molecule has 0 radical (unpaired) electrons.